The number of hydrogen-bond donors (Lipinski definition) is 1. The van der Waals surface area contributed by atoms with E-state index in [9.17, 15) is 8.42 Å². The molecule has 0 bridgehead atoms. The van der Waals surface area contributed by atoms with Crippen LogP contribution in [0.25, 0.3) is 0 Å². The maximum absolute atomic E-state index is 12.8. The molecule has 2 aromatic rings. The molecule has 1 aliphatic heterocycles. The molecular formula is C15H19N3O2S. The largest absolute Gasteiger partial charge is 0.282 e. The molecule has 3 rings (SSSR count). The summed E-state index contributed by atoms with van der Waals surface area (Å²) in [7, 11) is -3.41. The third-order valence-corrected chi connectivity index (χ3v) is 6.16. The lowest BCUT2D eigenvalue weighted by molar-refractivity contribution is 0.471. The number of benzene rings is 1. The van der Waals surface area contributed by atoms with Gasteiger partial charge in [0.25, 0.3) is 0 Å². The summed E-state index contributed by atoms with van der Waals surface area (Å²) in [6, 6.07) is 7.14. The van der Waals surface area contributed by atoms with Gasteiger partial charge < -0.3 is 0 Å². The average Bonchev–Trinajstić information content (AvgIpc) is 3.07. The van der Waals surface area contributed by atoms with Gasteiger partial charge in [-0.1, -0.05) is 18.2 Å². The van der Waals surface area contributed by atoms with Crippen LogP contribution in [0.5, 0.6) is 0 Å². The van der Waals surface area contributed by atoms with Crippen molar-refractivity contribution in [2.24, 2.45) is 0 Å². The SMILES string of the molecule is Cc1ccccc1S(=O)(=O)N1CCC(c2[nH]ncc2C)C1. The summed E-state index contributed by atoms with van der Waals surface area (Å²) in [5.74, 6) is 0.200. The first-order valence-corrected chi connectivity index (χ1v) is 8.50. The second kappa shape index (κ2) is 5.27. The van der Waals surface area contributed by atoms with Gasteiger partial charge in [0.15, 0.2) is 0 Å². The highest BCUT2D eigenvalue weighted by atomic mass is 32.2. The Morgan fingerprint density at radius 1 is 1.24 bits per heavy atom. The van der Waals surface area contributed by atoms with Gasteiger partial charge in [-0.15, -0.1) is 0 Å². The van der Waals surface area contributed by atoms with E-state index in [-0.39, 0.29) is 5.92 Å². The number of H-pyrrole nitrogens is 1. The minimum atomic E-state index is -3.41. The van der Waals surface area contributed by atoms with Gasteiger partial charge in [-0.25, -0.2) is 8.42 Å². The molecule has 21 heavy (non-hydrogen) atoms. The van der Waals surface area contributed by atoms with E-state index < -0.39 is 10.0 Å². The lowest BCUT2D eigenvalue weighted by atomic mass is 10.0. The van der Waals surface area contributed by atoms with Crippen LogP contribution in [0.4, 0.5) is 0 Å². The van der Waals surface area contributed by atoms with Gasteiger partial charge in [-0.05, 0) is 37.5 Å². The zero-order valence-electron chi connectivity index (χ0n) is 12.2. The standard InChI is InChI=1S/C15H19N3O2S/c1-11-5-3-4-6-14(11)21(19,20)18-8-7-13(10-18)15-12(2)9-16-17-15/h3-6,9,13H,7-8,10H2,1-2H3,(H,16,17). The monoisotopic (exact) mass is 305 g/mol. The molecule has 5 nitrogen and oxygen atoms in total. The summed E-state index contributed by atoms with van der Waals surface area (Å²) in [4.78, 5) is 0.409. The van der Waals surface area contributed by atoms with Gasteiger partial charge in [0.05, 0.1) is 11.1 Å². The summed E-state index contributed by atoms with van der Waals surface area (Å²) in [6.07, 6.45) is 2.61. The Kier molecular flexibility index (Phi) is 3.59. The number of hydrogen-bond acceptors (Lipinski definition) is 3. The van der Waals surface area contributed by atoms with E-state index >= 15 is 0 Å². The van der Waals surface area contributed by atoms with Crippen LogP contribution in [-0.2, 0) is 10.0 Å². The predicted octanol–water partition coefficient (Wildman–Crippen LogP) is 2.20. The molecule has 1 atom stereocenters. The molecule has 1 aromatic heterocycles. The highest BCUT2D eigenvalue weighted by molar-refractivity contribution is 7.89. The number of rotatable bonds is 3. The highest BCUT2D eigenvalue weighted by Gasteiger charge is 2.34. The fourth-order valence-corrected chi connectivity index (χ4v) is 4.66. The predicted molar refractivity (Wildman–Crippen MR) is 80.6 cm³/mol. The normalized spacial score (nSPS) is 20.0. The molecule has 1 saturated heterocycles. The second-order valence-corrected chi connectivity index (χ2v) is 7.49. The summed E-state index contributed by atoms with van der Waals surface area (Å²) in [6.45, 7) is 4.90. The summed E-state index contributed by atoms with van der Waals surface area (Å²) >= 11 is 0. The van der Waals surface area contributed by atoms with E-state index in [4.69, 9.17) is 0 Å². The first-order valence-electron chi connectivity index (χ1n) is 7.06. The van der Waals surface area contributed by atoms with E-state index in [0.717, 1.165) is 23.2 Å². The first-order chi connectivity index (χ1) is 10.00. The van der Waals surface area contributed by atoms with Gasteiger partial charge in [-0.2, -0.15) is 9.40 Å². The van der Waals surface area contributed by atoms with Crippen LogP contribution < -0.4 is 0 Å². The van der Waals surface area contributed by atoms with Crippen LogP contribution in [0.2, 0.25) is 0 Å². The van der Waals surface area contributed by atoms with Crippen LogP contribution in [0.15, 0.2) is 35.4 Å². The molecular weight excluding hydrogens is 286 g/mol. The van der Waals surface area contributed by atoms with Crippen molar-refractivity contribution in [3.8, 4) is 0 Å². The number of aromatic amines is 1. The minimum Gasteiger partial charge on any atom is -0.282 e. The zero-order chi connectivity index (χ0) is 15.0. The topological polar surface area (TPSA) is 66.1 Å². The second-order valence-electron chi connectivity index (χ2n) is 5.58. The quantitative estimate of drug-likeness (QED) is 0.945. The van der Waals surface area contributed by atoms with Crippen molar-refractivity contribution in [2.45, 2.75) is 31.1 Å². The van der Waals surface area contributed by atoms with Crippen LogP contribution in [0, 0.1) is 13.8 Å². The number of aryl methyl sites for hydroxylation is 2. The molecule has 1 aromatic carbocycles. The summed E-state index contributed by atoms with van der Waals surface area (Å²) in [5.41, 5.74) is 2.94. The van der Waals surface area contributed by atoms with Crippen LogP contribution in [0.3, 0.4) is 0 Å². The van der Waals surface area contributed by atoms with Crippen molar-refractivity contribution in [3.05, 3.63) is 47.3 Å². The van der Waals surface area contributed by atoms with Gasteiger partial charge in [0.1, 0.15) is 0 Å². The molecule has 2 heterocycles. The first kappa shape index (κ1) is 14.3. The maximum atomic E-state index is 12.8. The third kappa shape index (κ3) is 2.49. The van der Waals surface area contributed by atoms with Crippen LogP contribution in [0.1, 0.15) is 29.2 Å². The lowest BCUT2D eigenvalue weighted by Gasteiger charge is -2.18. The fourth-order valence-electron chi connectivity index (χ4n) is 2.94. The van der Waals surface area contributed by atoms with Gasteiger partial charge >= 0.3 is 0 Å². The van der Waals surface area contributed by atoms with Crippen molar-refractivity contribution < 1.29 is 8.42 Å². The molecule has 1 N–H and O–H groups in total. The Hall–Kier alpha value is -1.66. The van der Waals surface area contributed by atoms with E-state index in [0.29, 0.717) is 18.0 Å². The molecule has 0 aliphatic carbocycles. The summed E-state index contributed by atoms with van der Waals surface area (Å²) < 4.78 is 27.1. The third-order valence-electron chi connectivity index (χ3n) is 4.14. The highest BCUT2D eigenvalue weighted by Crippen LogP contribution is 2.32. The van der Waals surface area contributed by atoms with Gasteiger partial charge in [0.2, 0.25) is 10.0 Å². The number of nitrogens with one attached hydrogen (secondary N) is 1. The smallest absolute Gasteiger partial charge is 0.243 e. The Bertz CT molecular complexity index is 752. The van der Waals surface area contributed by atoms with Crippen molar-refractivity contribution in [3.63, 3.8) is 0 Å². The fraction of sp³-hybridized carbons (Fsp3) is 0.400. The zero-order valence-corrected chi connectivity index (χ0v) is 13.0. The molecule has 112 valence electrons. The van der Waals surface area contributed by atoms with Gasteiger partial charge in [0, 0.05) is 24.7 Å². The maximum Gasteiger partial charge on any atom is 0.243 e. The van der Waals surface area contributed by atoms with E-state index in [1.807, 2.05) is 26.0 Å². The molecule has 6 heteroatoms. The Labute approximate surface area is 125 Å². The lowest BCUT2D eigenvalue weighted by Crippen LogP contribution is -2.29. The molecule has 1 unspecified atom stereocenters. The summed E-state index contributed by atoms with van der Waals surface area (Å²) in [5, 5.41) is 7.03. The molecule has 0 spiro atoms. The number of nitrogens with zero attached hydrogens (tertiary/aromatic N) is 2. The average molecular weight is 305 g/mol. The van der Waals surface area contributed by atoms with E-state index in [2.05, 4.69) is 10.2 Å². The van der Waals surface area contributed by atoms with E-state index in [1.165, 1.54) is 0 Å². The van der Waals surface area contributed by atoms with Crippen LogP contribution >= 0.6 is 0 Å². The van der Waals surface area contributed by atoms with Crippen molar-refractivity contribution in [1.82, 2.24) is 14.5 Å². The molecule has 0 amide bonds. The van der Waals surface area contributed by atoms with Gasteiger partial charge in [-0.3, -0.25) is 5.10 Å². The minimum absolute atomic E-state index is 0.200. The Morgan fingerprint density at radius 3 is 2.67 bits per heavy atom. The van der Waals surface area contributed by atoms with Crippen molar-refractivity contribution >= 4 is 10.0 Å². The number of sulfonamides is 1. The Balaban J connectivity index is 1.86. The van der Waals surface area contributed by atoms with Crippen molar-refractivity contribution in [1.29, 1.82) is 0 Å². The Morgan fingerprint density at radius 2 is 2.00 bits per heavy atom. The molecule has 0 radical (unpaired) electrons. The van der Waals surface area contributed by atoms with Crippen LogP contribution in [-0.4, -0.2) is 36.0 Å². The van der Waals surface area contributed by atoms with E-state index in [1.54, 1.807) is 22.6 Å². The molecule has 1 aliphatic rings. The van der Waals surface area contributed by atoms with Crippen molar-refractivity contribution in [2.75, 3.05) is 13.1 Å². The molecule has 1 fully saturated rings. The molecule has 0 saturated carbocycles. The number of aromatic nitrogens is 2.